The normalized spacial score (nSPS) is 12.5. The first-order valence-electron chi connectivity index (χ1n) is 12.6. The van der Waals surface area contributed by atoms with Crippen molar-refractivity contribution in [3.63, 3.8) is 0 Å². The lowest BCUT2D eigenvalue weighted by atomic mass is 9.97. The highest BCUT2D eigenvalue weighted by molar-refractivity contribution is 7.90. The number of alkyl halides is 6. The maximum absolute atomic E-state index is 14.9. The molecule has 0 aliphatic rings. The number of aliphatic hydroxyl groups is 1. The Morgan fingerprint density at radius 1 is 1.02 bits per heavy atom. The molecule has 1 heterocycles. The Balaban J connectivity index is 1.89. The first kappa shape index (κ1) is 33.2. The van der Waals surface area contributed by atoms with Crippen molar-refractivity contribution < 1.29 is 53.4 Å². The fraction of sp³-hybridized carbons (Fsp3) is 0.172. The number of hydrogen-bond acceptors (Lipinski definition) is 8. The number of hydrogen-bond donors (Lipinski definition) is 3. The van der Waals surface area contributed by atoms with Gasteiger partial charge in [0, 0.05) is 41.8 Å². The third-order valence-corrected chi connectivity index (χ3v) is 7.36. The van der Waals surface area contributed by atoms with Crippen molar-refractivity contribution in [3.05, 3.63) is 84.1 Å². The van der Waals surface area contributed by atoms with Crippen LogP contribution in [0.25, 0.3) is 33.7 Å². The Morgan fingerprint density at radius 2 is 1.67 bits per heavy atom. The summed E-state index contributed by atoms with van der Waals surface area (Å²) < 4.78 is 126. The number of anilines is 1. The van der Waals surface area contributed by atoms with Gasteiger partial charge < -0.3 is 19.6 Å². The second-order valence-corrected chi connectivity index (χ2v) is 11.5. The molecule has 0 bridgehead atoms. The molecule has 8 nitrogen and oxygen atoms in total. The van der Waals surface area contributed by atoms with Crippen molar-refractivity contribution >= 4 is 21.2 Å². The fourth-order valence-electron chi connectivity index (χ4n) is 4.23. The van der Waals surface area contributed by atoms with E-state index in [1.54, 1.807) is 0 Å². The zero-order valence-electron chi connectivity index (χ0n) is 23.1. The highest BCUT2D eigenvalue weighted by atomic mass is 32.2. The average molecular weight is 658 g/mol. The number of aliphatic hydroxyl groups excluding tert-OH is 1. The Labute approximate surface area is 251 Å². The summed E-state index contributed by atoms with van der Waals surface area (Å²) in [4.78, 5) is 3.89. The van der Waals surface area contributed by atoms with Crippen LogP contribution in [0.5, 0.6) is 5.75 Å². The van der Waals surface area contributed by atoms with Gasteiger partial charge >= 0.3 is 12.5 Å². The number of oxazole rings is 1. The van der Waals surface area contributed by atoms with E-state index in [4.69, 9.17) is 9.83 Å². The molecule has 0 aliphatic carbocycles. The van der Waals surface area contributed by atoms with Gasteiger partial charge in [0.15, 0.2) is 21.5 Å². The molecule has 0 saturated carbocycles. The maximum Gasteiger partial charge on any atom is 0.573 e. The molecule has 0 unspecified atom stereocenters. The summed E-state index contributed by atoms with van der Waals surface area (Å²) in [5.74, 6) is -1.39. The molecule has 0 fully saturated rings. The van der Waals surface area contributed by atoms with Crippen molar-refractivity contribution in [1.82, 2.24) is 4.98 Å². The van der Waals surface area contributed by atoms with Gasteiger partial charge in [0.1, 0.15) is 23.0 Å². The van der Waals surface area contributed by atoms with Crippen molar-refractivity contribution in [2.24, 2.45) is 0 Å². The van der Waals surface area contributed by atoms with Crippen molar-refractivity contribution in [2.45, 2.75) is 31.0 Å². The number of halogens is 7. The smallest absolute Gasteiger partial charge is 0.440 e. The molecule has 0 radical (unpaired) electrons. The number of rotatable bonds is 9. The third kappa shape index (κ3) is 7.88. The summed E-state index contributed by atoms with van der Waals surface area (Å²) in [5.41, 5.74) is -1.25. The number of nitrogens with one attached hydrogen (secondary N) is 2. The molecule has 0 spiro atoms. The van der Waals surface area contributed by atoms with E-state index in [0.29, 0.717) is 6.08 Å². The minimum absolute atomic E-state index is 0.0388. The molecule has 45 heavy (non-hydrogen) atoms. The topological polar surface area (TPSA) is 126 Å². The van der Waals surface area contributed by atoms with Crippen LogP contribution in [0.4, 0.5) is 36.4 Å². The Hall–Kier alpha value is -4.70. The van der Waals surface area contributed by atoms with Gasteiger partial charge in [-0.1, -0.05) is 6.07 Å². The van der Waals surface area contributed by atoms with Crippen LogP contribution in [0.15, 0.2) is 76.2 Å². The Kier molecular flexibility index (Phi) is 9.12. The van der Waals surface area contributed by atoms with Crippen molar-refractivity contribution in [1.29, 1.82) is 5.41 Å². The molecule has 0 amide bonds. The predicted octanol–water partition coefficient (Wildman–Crippen LogP) is 7.43. The quantitative estimate of drug-likeness (QED) is 0.126. The van der Waals surface area contributed by atoms with E-state index in [2.05, 4.69) is 15.0 Å². The zero-order valence-corrected chi connectivity index (χ0v) is 24.0. The summed E-state index contributed by atoms with van der Waals surface area (Å²) in [7, 11) is -4.00. The van der Waals surface area contributed by atoms with Crippen LogP contribution < -0.4 is 10.1 Å². The lowest BCUT2D eigenvalue weighted by Gasteiger charge is -2.14. The second-order valence-electron chi connectivity index (χ2n) is 9.50. The monoisotopic (exact) mass is 657 g/mol. The molecular weight excluding hydrogens is 635 g/mol. The molecular formula is C29H22F7N3O5S. The van der Waals surface area contributed by atoms with Gasteiger partial charge in [-0.2, -0.15) is 13.2 Å². The van der Waals surface area contributed by atoms with E-state index in [9.17, 15) is 44.3 Å². The lowest BCUT2D eigenvalue weighted by molar-refractivity contribution is -0.274. The van der Waals surface area contributed by atoms with Crippen LogP contribution in [0, 0.1) is 18.2 Å². The van der Waals surface area contributed by atoms with Gasteiger partial charge in [-0.15, -0.1) is 13.2 Å². The average Bonchev–Trinajstić information content (AvgIpc) is 3.32. The van der Waals surface area contributed by atoms with Crippen LogP contribution >= 0.6 is 0 Å². The third-order valence-electron chi connectivity index (χ3n) is 6.20. The molecule has 238 valence electrons. The number of benzene rings is 3. The fourth-order valence-corrected chi connectivity index (χ4v) is 5.18. The summed E-state index contributed by atoms with van der Waals surface area (Å²) >= 11 is 0. The maximum atomic E-state index is 14.9. The van der Waals surface area contributed by atoms with E-state index in [1.165, 1.54) is 37.3 Å². The molecule has 4 rings (SSSR count). The number of ether oxygens (including phenoxy) is 1. The van der Waals surface area contributed by atoms with Gasteiger partial charge in [0.25, 0.3) is 0 Å². The van der Waals surface area contributed by atoms with E-state index in [1.807, 2.05) is 0 Å². The molecule has 0 atom stereocenters. The number of aryl methyl sites for hydroxylation is 1. The van der Waals surface area contributed by atoms with Crippen LogP contribution in [0.3, 0.4) is 0 Å². The summed E-state index contributed by atoms with van der Waals surface area (Å²) in [6, 6.07) is 10.9. The van der Waals surface area contributed by atoms with Crippen LogP contribution in [-0.2, 0) is 16.4 Å². The van der Waals surface area contributed by atoms with E-state index < -0.39 is 56.7 Å². The molecule has 3 N–H and O–H groups in total. The minimum Gasteiger partial charge on any atom is -0.440 e. The van der Waals surface area contributed by atoms with E-state index >= 15 is 0 Å². The van der Waals surface area contributed by atoms with Gasteiger partial charge in [-0.05, 0) is 65.7 Å². The van der Waals surface area contributed by atoms with Crippen LogP contribution in [0.2, 0.25) is 0 Å². The largest absolute Gasteiger partial charge is 0.573 e. The summed E-state index contributed by atoms with van der Waals surface area (Å²) in [6.45, 7) is 0.577. The van der Waals surface area contributed by atoms with Gasteiger partial charge in [0.05, 0.1) is 11.5 Å². The van der Waals surface area contributed by atoms with Crippen molar-refractivity contribution in [2.75, 3.05) is 11.6 Å². The van der Waals surface area contributed by atoms with Crippen LogP contribution in [-0.4, -0.2) is 43.0 Å². The van der Waals surface area contributed by atoms with Gasteiger partial charge in [0.2, 0.25) is 0 Å². The standard InChI is InChI=1S/C29H22F7N3O5S/c1-15-39-26(27(43-15)16-3-6-19(7-4-16)44-29(34,35)36)20-11-17(5-8-23(20)38-10-9-25(37)28(31,32)33)18-12-22(30)21(14-40)24(13-18)45(2,41)42/h3-13,37-38,40H,14H2,1-2H3/b10-9-,37-25?. The molecule has 1 aromatic heterocycles. The minimum atomic E-state index is -4.93. The predicted molar refractivity (Wildman–Crippen MR) is 150 cm³/mol. The van der Waals surface area contributed by atoms with Crippen molar-refractivity contribution in [3.8, 4) is 39.5 Å². The second kappa shape index (κ2) is 12.4. The summed E-state index contributed by atoms with van der Waals surface area (Å²) in [5, 5.41) is 19.3. The van der Waals surface area contributed by atoms with Gasteiger partial charge in [-0.25, -0.2) is 17.8 Å². The van der Waals surface area contributed by atoms with Gasteiger partial charge in [-0.3, -0.25) is 5.41 Å². The number of allylic oxidation sites excluding steroid dienone is 1. The molecule has 3 aromatic carbocycles. The number of sulfone groups is 1. The lowest BCUT2D eigenvalue weighted by Crippen LogP contribution is -2.19. The Bertz CT molecular complexity index is 1880. The molecule has 0 saturated heterocycles. The van der Waals surface area contributed by atoms with Crippen LogP contribution in [0.1, 0.15) is 11.5 Å². The SMILES string of the molecule is Cc1nc(-c2cc(-c3cc(F)c(CO)c(S(C)(=O)=O)c3)ccc2N/C=C\C(=N)C(F)(F)F)c(-c2ccc(OC(F)(F)F)cc2)o1. The molecule has 4 aromatic rings. The highest BCUT2D eigenvalue weighted by Crippen LogP contribution is 2.40. The van der Waals surface area contributed by atoms with E-state index in [-0.39, 0.29) is 45.3 Å². The number of nitrogens with zero attached hydrogens (tertiary/aromatic N) is 1. The zero-order chi connectivity index (χ0) is 33.3. The summed E-state index contributed by atoms with van der Waals surface area (Å²) in [6.07, 6.45) is -7.69. The van der Waals surface area contributed by atoms with E-state index in [0.717, 1.165) is 36.7 Å². The number of aromatic nitrogens is 1. The highest BCUT2D eigenvalue weighted by Gasteiger charge is 2.32. The first-order valence-corrected chi connectivity index (χ1v) is 14.5. The molecule has 0 aliphatic heterocycles. The molecule has 16 heteroatoms. The Morgan fingerprint density at radius 3 is 2.24 bits per heavy atom. The first-order chi connectivity index (χ1) is 20.9.